The monoisotopic (exact) mass is 259 g/mol. The Kier molecular flexibility index (Phi) is 3.21. The van der Waals surface area contributed by atoms with E-state index in [2.05, 4.69) is 10.4 Å². The van der Waals surface area contributed by atoms with Crippen LogP contribution in [0.4, 0.5) is 0 Å². The summed E-state index contributed by atoms with van der Waals surface area (Å²) in [5, 5.41) is 7.49. The summed E-state index contributed by atoms with van der Waals surface area (Å²) >= 11 is 0. The van der Waals surface area contributed by atoms with E-state index in [1.165, 1.54) is 17.5 Å². The maximum absolute atomic E-state index is 11.7. The van der Waals surface area contributed by atoms with Gasteiger partial charge in [-0.15, -0.1) is 0 Å². The van der Waals surface area contributed by atoms with Crippen LogP contribution < -0.4 is 10.9 Å². The summed E-state index contributed by atoms with van der Waals surface area (Å²) in [4.78, 5) is 11.7. The van der Waals surface area contributed by atoms with Gasteiger partial charge in [-0.3, -0.25) is 4.79 Å². The van der Waals surface area contributed by atoms with Crippen molar-refractivity contribution >= 4 is 0 Å². The third-order valence-electron chi connectivity index (χ3n) is 3.17. The number of hydrogen-bond acceptors (Lipinski definition) is 4. The van der Waals surface area contributed by atoms with Crippen LogP contribution >= 0.6 is 0 Å². The second-order valence-corrected chi connectivity index (χ2v) is 5.05. The number of rotatable bonds is 5. The summed E-state index contributed by atoms with van der Waals surface area (Å²) in [5.74, 6) is 1.66. The van der Waals surface area contributed by atoms with Crippen molar-refractivity contribution in [3.05, 3.63) is 51.8 Å². The first-order chi connectivity index (χ1) is 9.20. The van der Waals surface area contributed by atoms with Gasteiger partial charge in [0.2, 0.25) is 0 Å². The summed E-state index contributed by atoms with van der Waals surface area (Å²) in [5.41, 5.74) is 0.768. The van der Waals surface area contributed by atoms with Gasteiger partial charge in [0.1, 0.15) is 18.1 Å². The first-order valence-electron chi connectivity index (χ1n) is 6.55. The number of nitrogens with one attached hydrogen (secondary N) is 1. The van der Waals surface area contributed by atoms with Crippen molar-refractivity contribution in [1.29, 1.82) is 0 Å². The Morgan fingerprint density at radius 1 is 1.42 bits per heavy atom. The fourth-order valence-electron chi connectivity index (χ4n) is 1.93. The largest absolute Gasteiger partial charge is 0.463 e. The van der Waals surface area contributed by atoms with E-state index >= 15 is 0 Å². The maximum atomic E-state index is 11.7. The molecule has 0 aromatic carbocycles. The Morgan fingerprint density at radius 2 is 2.21 bits per heavy atom. The zero-order valence-corrected chi connectivity index (χ0v) is 10.9. The zero-order valence-electron chi connectivity index (χ0n) is 10.9. The van der Waals surface area contributed by atoms with Gasteiger partial charge in [0, 0.05) is 12.1 Å². The molecule has 0 saturated heterocycles. The molecule has 2 aromatic heterocycles. The first-order valence-corrected chi connectivity index (χ1v) is 6.55. The molecular formula is C14H17N3O2. The molecule has 2 aromatic rings. The summed E-state index contributed by atoms with van der Waals surface area (Å²) in [6.45, 7) is 2.98. The second-order valence-electron chi connectivity index (χ2n) is 5.05. The number of aromatic nitrogens is 2. The second kappa shape index (κ2) is 5.01. The Balaban J connectivity index is 1.66. The lowest BCUT2D eigenvalue weighted by Crippen LogP contribution is -2.22. The standard InChI is InChI=1S/C14H17N3O2/c1-10-6-14(18)17(16-7-10)9-13-5-4-12(19-13)8-15-11-2-3-11/h4-7,11,15H,2-3,8-9H2,1H3. The molecular weight excluding hydrogens is 242 g/mol. The molecule has 3 rings (SSSR count). The van der Waals surface area contributed by atoms with Gasteiger partial charge in [0.25, 0.3) is 5.56 Å². The lowest BCUT2D eigenvalue weighted by atomic mass is 10.3. The highest BCUT2D eigenvalue weighted by molar-refractivity contribution is 5.09. The van der Waals surface area contributed by atoms with Crippen molar-refractivity contribution in [3.63, 3.8) is 0 Å². The fraction of sp³-hybridized carbons (Fsp3) is 0.429. The molecule has 0 bridgehead atoms. The van der Waals surface area contributed by atoms with E-state index in [0.29, 0.717) is 12.6 Å². The molecule has 0 aliphatic heterocycles. The van der Waals surface area contributed by atoms with E-state index in [-0.39, 0.29) is 5.56 Å². The van der Waals surface area contributed by atoms with E-state index in [1.807, 2.05) is 19.1 Å². The molecule has 0 radical (unpaired) electrons. The highest BCUT2D eigenvalue weighted by Gasteiger charge is 2.20. The summed E-state index contributed by atoms with van der Waals surface area (Å²) < 4.78 is 7.10. The molecule has 0 spiro atoms. The van der Waals surface area contributed by atoms with Crippen molar-refractivity contribution in [2.75, 3.05) is 0 Å². The van der Waals surface area contributed by atoms with Crippen molar-refractivity contribution in [1.82, 2.24) is 15.1 Å². The number of hydrogen-bond donors (Lipinski definition) is 1. The van der Waals surface area contributed by atoms with Gasteiger partial charge in [-0.2, -0.15) is 5.10 Å². The minimum Gasteiger partial charge on any atom is -0.463 e. The molecule has 1 aliphatic carbocycles. The molecule has 0 unspecified atom stereocenters. The minimum atomic E-state index is -0.103. The molecule has 5 nitrogen and oxygen atoms in total. The molecule has 100 valence electrons. The van der Waals surface area contributed by atoms with Crippen LogP contribution in [0, 0.1) is 6.92 Å². The predicted octanol–water partition coefficient (Wildman–Crippen LogP) is 1.45. The summed E-state index contributed by atoms with van der Waals surface area (Å²) in [6, 6.07) is 6.09. The molecule has 1 saturated carbocycles. The van der Waals surface area contributed by atoms with Gasteiger partial charge in [-0.25, -0.2) is 4.68 Å². The van der Waals surface area contributed by atoms with Crippen LogP contribution in [0.2, 0.25) is 0 Å². The minimum absolute atomic E-state index is 0.103. The van der Waals surface area contributed by atoms with E-state index in [0.717, 1.165) is 23.6 Å². The fourth-order valence-corrected chi connectivity index (χ4v) is 1.93. The number of furan rings is 1. The smallest absolute Gasteiger partial charge is 0.267 e. The summed E-state index contributed by atoms with van der Waals surface area (Å²) in [6.07, 6.45) is 4.20. The number of aryl methyl sites for hydroxylation is 1. The number of nitrogens with zero attached hydrogens (tertiary/aromatic N) is 2. The maximum Gasteiger partial charge on any atom is 0.267 e. The first kappa shape index (κ1) is 12.2. The average Bonchev–Trinajstić information content (AvgIpc) is 3.10. The van der Waals surface area contributed by atoms with Gasteiger partial charge < -0.3 is 9.73 Å². The molecule has 19 heavy (non-hydrogen) atoms. The van der Waals surface area contributed by atoms with E-state index in [1.54, 1.807) is 12.3 Å². The normalized spacial score (nSPS) is 14.8. The highest BCUT2D eigenvalue weighted by Crippen LogP contribution is 2.19. The van der Waals surface area contributed by atoms with Crippen LogP contribution in [0.1, 0.15) is 29.9 Å². The Morgan fingerprint density at radius 3 is 2.95 bits per heavy atom. The molecule has 0 amide bonds. The average molecular weight is 259 g/mol. The van der Waals surface area contributed by atoms with E-state index in [9.17, 15) is 4.79 Å². The molecule has 1 aliphatic rings. The van der Waals surface area contributed by atoms with Crippen LogP contribution in [0.3, 0.4) is 0 Å². The Bertz CT molecular complexity index is 626. The molecule has 0 atom stereocenters. The van der Waals surface area contributed by atoms with Gasteiger partial charge in [0.05, 0.1) is 12.7 Å². The highest BCUT2D eigenvalue weighted by atomic mass is 16.3. The third-order valence-corrected chi connectivity index (χ3v) is 3.17. The van der Waals surface area contributed by atoms with Gasteiger partial charge in [-0.05, 0) is 37.5 Å². The van der Waals surface area contributed by atoms with Crippen LogP contribution in [-0.4, -0.2) is 15.8 Å². The zero-order chi connectivity index (χ0) is 13.2. The lowest BCUT2D eigenvalue weighted by Gasteiger charge is -2.02. The SMILES string of the molecule is Cc1cnn(Cc2ccc(CNC3CC3)o2)c(=O)c1. The van der Waals surface area contributed by atoms with Crippen molar-refractivity contribution in [2.24, 2.45) is 0 Å². The van der Waals surface area contributed by atoms with Crippen molar-refractivity contribution in [3.8, 4) is 0 Å². The lowest BCUT2D eigenvalue weighted by molar-refractivity contribution is 0.425. The van der Waals surface area contributed by atoms with Crippen LogP contribution in [0.25, 0.3) is 0 Å². The van der Waals surface area contributed by atoms with Crippen molar-refractivity contribution < 1.29 is 4.42 Å². The van der Waals surface area contributed by atoms with E-state index < -0.39 is 0 Å². The van der Waals surface area contributed by atoms with Gasteiger partial charge in [0.15, 0.2) is 0 Å². The topological polar surface area (TPSA) is 60.1 Å². The molecule has 2 heterocycles. The van der Waals surface area contributed by atoms with Crippen LogP contribution in [-0.2, 0) is 13.1 Å². The van der Waals surface area contributed by atoms with Crippen LogP contribution in [0.5, 0.6) is 0 Å². The predicted molar refractivity (Wildman–Crippen MR) is 70.9 cm³/mol. The quantitative estimate of drug-likeness (QED) is 0.882. The van der Waals surface area contributed by atoms with Gasteiger partial charge >= 0.3 is 0 Å². The van der Waals surface area contributed by atoms with Gasteiger partial charge in [-0.1, -0.05) is 0 Å². The Labute approximate surface area is 111 Å². The Hall–Kier alpha value is -1.88. The third kappa shape index (κ3) is 3.12. The van der Waals surface area contributed by atoms with Crippen molar-refractivity contribution in [2.45, 2.75) is 38.9 Å². The van der Waals surface area contributed by atoms with E-state index in [4.69, 9.17) is 4.42 Å². The molecule has 1 N–H and O–H groups in total. The molecule has 5 heteroatoms. The summed E-state index contributed by atoms with van der Waals surface area (Å²) in [7, 11) is 0. The molecule has 1 fully saturated rings. The van der Waals surface area contributed by atoms with Crippen LogP contribution in [0.15, 0.2) is 33.6 Å².